The zero-order valence-electron chi connectivity index (χ0n) is 11.8. The average molecular weight is 298 g/mol. The number of esters is 1. The van der Waals surface area contributed by atoms with Crippen molar-refractivity contribution in [1.82, 2.24) is 0 Å². The van der Waals surface area contributed by atoms with Gasteiger partial charge in [0.2, 0.25) is 0 Å². The van der Waals surface area contributed by atoms with Crippen molar-refractivity contribution >= 4 is 17.7 Å². The first kappa shape index (κ1) is 14.2. The number of ether oxygens (including phenoxy) is 1. The van der Waals surface area contributed by atoms with Crippen LogP contribution in [0.2, 0.25) is 0 Å². The number of carbonyl (C=O) groups is 1. The number of rotatable bonds is 3. The van der Waals surface area contributed by atoms with Crippen LogP contribution in [0.5, 0.6) is 0 Å². The third-order valence-electron chi connectivity index (χ3n) is 3.62. The van der Waals surface area contributed by atoms with Gasteiger partial charge < -0.3 is 4.74 Å². The number of cyclic esters (lactones) is 1. The fourth-order valence-corrected chi connectivity index (χ4v) is 3.88. The highest BCUT2D eigenvalue weighted by atomic mass is 32.2. The Labute approximate surface area is 129 Å². The van der Waals surface area contributed by atoms with Crippen molar-refractivity contribution < 1.29 is 9.53 Å². The van der Waals surface area contributed by atoms with Crippen LogP contribution in [-0.2, 0) is 9.53 Å². The topological polar surface area (TPSA) is 26.3 Å². The Morgan fingerprint density at radius 2 is 1.62 bits per heavy atom. The second-order valence-electron chi connectivity index (χ2n) is 5.18. The minimum absolute atomic E-state index is 0.0833. The quantitative estimate of drug-likeness (QED) is 0.774. The van der Waals surface area contributed by atoms with Gasteiger partial charge in [0.05, 0.1) is 5.25 Å². The predicted octanol–water partition coefficient (Wildman–Crippen LogP) is 4.62. The molecule has 0 bridgehead atoms. The smallest absolute Gasteiger partial charge is 0.306 e. The second kappa shape index (κ2) is 6.81. The highest BCUT2D eigenvalue weighted by Crippen LogP contribution is 2.39. The Bertz CT molecular complexity index is 583. The van der Waals surface area contributed by atoms with Crippen molar-refractivity contribution in [2.45, 2.75) is 35.5 Å². The molecule has 3 heteroatoms. The first-order valence-corrected chi connectivity index (χ1v) is 8.17. The molecular formula is C18H18O2S. The van der Waals surface area contributed by atoms with Gasteiger partial charge in [-0.25, -0.2) is 0 Å². The summed E-state index contributed by atoms with van der Waals surface area (Å²) in [5.41, 5.74) is 1.08. The lowest BCUT2D eigenvalue weighted by molar-refractivity contribution is -0.148. The van der Waals surface area contributed by atoms with Gasteiger partial charge in [-0.1, -0.05) is 48.5 Å². The molecule has 108 valence electrons. The SMILES string of the molecule is O=C1CCCC(Sc2ccccc2)C(c2ccccc2)O1. The fourth-order valence-electron chi connectivity index (χ4n) is 2.60. The fraction of sp³-hybridized carbons (Fsp3) is 0.278. The van der Waals surface area contributed by atoms with Crippen LogP contribution in [0.1, 0.15) is 30.9 Å². The van der Waals surface area contributed by atoms with Gasteiger partial charge in [-0.2, -0.15) is 0 Å². The Morgan fingerprint density at radius 3 is 2.33 bits per heavy atom. The zero-order chi connectivity index (χ0) is 14.5. The summed E-state index contributed by atoms with van der Waals surface area (Å²) >= 11 is 1.81. The van der Waals surface area contributed by atoms with Crippen LogP contribution in [0, 0.1) is 0 Å². The van der Waals surface area contributed by atoms with Crippen molar-refractivity contribution in [2.24, 2.45) is 0 Å². The number of hydrogen-bond acceptors (Lipinski definition) is 3. The minimum atomic E-state index is -0.161. The summed E-state index contributed by atoms with van der Waals surface area (Å²) in [5.74, 6) is -0.0833. The maximum Gasteiger partial charge on any atom is 0.306 e. The van der Waals surface area contributed by atoms with Crippen LogP contribution >= 0.6 is 11.8 Å². The molecule has 1 aliphatic rings. The molecule has 0 N–H and O–H groups in total. The molecule has 0 aliphatic carbocycles. The maximum atomic E-state index is 11.8. The van der Waals surface area contributed by atoms with E-state index in [4.69, 9.17) is 4.74 Å². The number of carbonyl (C=O) groups excluding carboxylic acids is 1. The van der Waals surface area contributed by atoms with E-state index in [2.05, 4.69) is 12.1 Å². The minimum Gasteiger partial charge on any atom is -0.456 e. The summed E-state index contributed by atoms with van der Waals surface area (Å²) in [6, 6.07) is 20.4. The molecule has 0 radical (unpaired) electrons. The highest BCUT2D eigenvalue weighted by Gasteiger charge is 2.30. The lowest BCUT2D eigenvalue weighted by Gasteiger charge is -2.24. The molecule has 21 heavy (non-hydrogen) atoms. The first-order valence-electron chi connectivity index (χ1n) is 7.29. The Hall–Kier alpha value is -1.74. The molecule has 2 atom stereocenters. The van der Waals surface area contributed by atoms with Gasteiger partial charge in [-0.3, -0.25) is 4.79 Å². The molecular weight excluding hydrogens is 280 g/mol. The molecule has 1 fully saturated rings. The van der Waals surface area contributed by atoms with E-state index < -0.39 is 0 Å². The van der Waals surface area contributed by atoms with Gasteiger partial charge in [-0.05, 0) is 30.5 Å². The molecule has 2 aromatic carbocycles. The van der Waals surface area contributed by atoms with Crippen molar-refractivity contribution in [3.05, 3.63) is 66.2 Å². The highest BCUT2D eigenvalue weighted by molar-refractivity contribution is 8.00. The standard InChI is InChI=1S/C18H18O2S/c19-17-13-7-12-16(21-15-10-5-2-6-11-15)18(20-17)14-8-3-1-4-9-14/h1-6,8-11,16,18H,7,12-13H2. The van der Waals surface area contributed by atoms with Gasteiger partial charge >= 0.3 is 5.97 Å². The van der Waals surface area contributed by atoms with Crippen molar-refractivity contribution in [2.75, 3.05) is 0 Å². The molecule has 2 unspecified atom stereocenters. The molecule has 0 aromatic heterocycles. The second-order valence-corrected chi connectivity index (χ2v) is 6.50. The van der Waals surface area contributed by atoms with Gasteiger partial charge in [0.25, 0.3) is 0 Å². The van der Waals surface area contributed by atoms with Crippen LogP contribution < -0.4 is 0 Å². The van der Waals surface area contributed by atoms with Crippen molar-refractivity contribution in [3.63, 3.8) is 0 Å². The van der Waals surface area contributed by atoms with E-state index >= 15 is 0 Å². The van der Waals surface area contributed by atoms with Crippen LogP contribution in [0.4, 0.5) is 0 Å². The summed E-state index contributed by atoms with van der Waals surface area (Å²) < 4.78 is 5.72. The van der Waals surface area contributed by atoms with Gasteiger partial charge in [0.15, 0.2) is 0 Å². The molecule has 1 saturated heterocycles. The predicted molar refractivity (Wildman–Crippen MR) is 85.2 cm³/mol. The summed E-state index contributed by atoms with van der Waals surface area (Å²) in [7, 11) is 0. The van der Waals surface area contributed by atoms with E-state index in [0.717, 1.165) is 18.4 Å². The number of benzene rings is 2. The third kappa shape index (κ3) is 3.67. The monoisotopic (exact) mass is 298 g/mol. The van der Waals surface area contributed by atoms with E-state index in [-0.39, 0.29) is 17.3 Å². The molecule has 0 saturated carbocycles. The third-order valence-corrected chi connectivity index (χ3v) is 4.95. The summed E-state index contributed by atoms with van der Waals surface area (Å²) in [4.78, 5) is 13.1. The zero-order valence-corrected chi connectivity index (χ0v) is 12.6. The molecule has 3 rings (SSSR count). The molecule has 2 nitrogen and oxygen atoms in total. The summed E-state index contributed by atoms with van der Waals surface area (Å²) in [5, 5.41) is 0.265. The largest absolute Gasteiger partial charge is 0.456 e. The van der Waals surface area contributed by atoms with E-state index in [1.807, 2.05) is 48.5 Å². The first-order chi connectivity index (χ1) is 10.3. The van der Waals surface area contributed by atoms with E-state index in [1.54, 1.807) is 11.8 Å². The lowest BCUT2D eigenvalue weighted by atomic mass is 10.0. The van der Waals surface area contributed by atoms with Crippen molar-refractivity contribution in [1.29, 1.82) is 0 Å². The molecule has 2 aromatic rings. The number of thioether (sulfide) groups is 1. The normalized spacial score (nSPS) is 22.4. The van der Waals surface area contributed by atoms with Gasteiger partial charge in [0, 0.05) is 11.3 Å². The maximum absolute atomic E-state index is 11.8. The van der Waals surface area contributed by atoms with E-state index in [0.29, 0.717) is 6.42 Å². The van der Waals surface area contributed by atoms with Gasteiger partial charge in [0.1, 0.15) is 6.10 Å². The van der Waals surface area contributed by atoms with Crippen LogP contribution in [-0.4, -0.2) is 11.2 Å². The van der Waals surface area contributed by atoms with Crippen LogP contribution in [0.3, 0.4) is 0 Å². The summed E-state index contributed by atoms with van der Waals surface area (Å²) in [6.07, 6.45) is 2.25. The van der Waals surface area contributed by atoms with Crippen molar-refractivity contribution in [3.8, 4) is 0 Å². The van der Waals surface area contributed by atoms with E-state index in [9.17, 15) is 4.79 Å². The van der Waals surface area contributed by atoms with Crippen LogP contribution in [0.15, 0.2) is 65.6 Å². The Balaban J connectivity index is 1.85. The van der Waals surface area contributed by atoms with Gasteiger partial charge in [-0.15, -0.1) is 11.8 Å². The molecule has 1 aliphatic heterocycles. The van der Waals surface area contributed by atoms with E-state index in [1.165, 1.54) is 4.90 Å². The number of hydrogen-bond donors (Lipinski definition) is 0. The summed E-state index contributed by atoms with van der Waals surface area (Å²) in [6.45, 7) is 0. The molecule has 1 heterocycles. The molecule has 0 amide bonds. The Kier molecular flexibility index (Phi) is 4.61. The average Bonchev–Trinajstić information content (AvgIpc) is 2.71. The van der Waals surface area contributed by atoms with Crippen LogP contribution in [0.25, 0.3) is 0 Å². The molecule has 0 spiro atoms. The lowest BCUT2D eigenvalue weighted by Crippen LogP contribution is -2.18. The Morgan fingerprint density at radius 1 is 0.952 bits per heavy atom.